The van der Waals surface area contributed by atoms with Gasteiger partial charge < -0.3 is 15.4 Å². The monoisotopic (exact) mass is 389 g/mol. The van der Waals surface area contributed by atoms with Crippen LogP contribution in [-0.2, 0) is 11.3 Å². The van der Waals surface area contributed by atoms with Gasteiger partial charge in [0, 0.05) is 12.7 Å². The number of aryl methyl sites for hydroxylation is 1. The Morgan fingerprint density at radius 2 is 1.79 bits per heavy atom. The Kier molecular flexibility index (Phi) is 6.58. The Hall–Kier alpha value is -3.67. The van der Waals surface area contributed by atoms with Crippen molar-refractivity contribution in [2.75, 3.05) is 11.9 Å². The summed E-state index contributed by atoms with van der Waals surface area (Å²) in [6, 6.07) is 16.6. The number of hydrogen-bond donors (Lipinski definition) is 2. The lowest BCUT2D eigenvalue weighted by Gasteiger charge is -2.12. The highest BCUT2D eigenvalue weighted by Crippen LogP contribution is 2.22. The molecule has 0 saturated carbocycles. The van der Waals surface area contributed by atoms with E-state index in [4.69, 9.17) is 4.74 Å². The molecular formula is C23H23N3O3. The van der Waals surface area contributed by atoms with Gasteiger partial charge in [-0.15, -0.1) is 0 Å². The van der Waals surface area contributed by atoms with Crippen molar-refractivity contribution in [1.29, 1.82) is 0 Å². The number of benzene rings is 2. The molecule has 0 bridgehead atoms. The lowest BCUT2D eigenvalue weighted by molar-refractivity contribution is 0.0527. The van der Waals surface area contributed by atoms with Gasteiger partial charge in [-0.3, -0.25) is 9.78 Å². The summed E-state index contributed by atoms with van der Waals surface area (Å²) in [7, 11) is 0. The normalized spacial score (nSPS) is 10.3. The molecular weight excluding hydrogens is 366 g/mol. The zero-order valence-corrected chi connectivity index (χ0v) is 16.4. The zero-order chi connectivity index (χ0) is 20.6. The second kappa shape index (κ2) is 9.50. The van der Waals surface area contributed by atoms with E-state index in [2.05, 4.69) is 15.6 Å². The summed E-state index contributed by atoms with van der Waals surface area (Å²) in [5.41, 5.74) is 4.22. The van der Waals surface area contributed by atoms with Crippen molar-refractivity contribution in [3.63, 3.8) is 0 Å². The summed E-state index contributed by atoms with van der Waals surface area (Å²) in [5.74, 6) is -0.626. The van der Waals surface area contributed by atoms with Crippen LogP contribution in [-0.4, -0.2) is 23.5 Å². The quantitative estimate of drug-likeness (QED) is 0.591. The topological polar surface area (TPSA) is 80.3 Å². The largest absolute Gasteiger partial charge is 0.462 e. The number of amides is 1. The third-order valence-electron chi connectivity index (χ3n) is 4.40. The van der Waals surface area contributed by atoms with Gasteiger partial charge in [-0.1, -0.05) is 36.4 Å². The van der Waals surface area contributed by atoms with Gasteiger partial charge in [0.2, 0.25) is 0 Å². The van der Waals surface area contributed by atoms with Crippen molar-refractivity contribution in [2.24, 2.45) is 0 Å². The van der Waals surface area contributed by atoms with Gasteiger partial charge in [0.25, 0.3) is 5.91 Å². The van der Waals surface area contributed by atoms with E-state index in [1.54, 1.807) is 37.4 Å². The van der Waals surface area contributed by atoms with Crippen LogP contribution in [0.25, 0.3) is 0 Å². The summed E-state index contributed by atoms with van der Waals surface area (Å²) in [6.45, 7) is 4.51. The highest BCUT2D eigenvalue weighted by Gasteiger charge is 2.13. The number of aromatic nitrogens is 1. The van der Waals surface area contributed by atoms with E-state index < -0.39 is 5.97 Å². The van der Waals surface area contributed by atoms with Crippen molar-refractivity contribution in [3.05, 3.63) is 89.2 Å². The molecule has 2 N–H and O–H groups in total. The van der Waals surface area contributed by atoms with Gasteiger partial charge in [0.15, 0.2) is 0 Å². The van der Waals surface area contributed by atoms with Gasteiger partial charge in [-0.25, -0.2) is 4.79 Å². The van der Waals surface area contributed by atoms with Crippen molar-refractivity contribution in [1.82, 2.24) is 10.3 Å². The van der Waals surface area contributed by atoms with Crippen LogP contribution in [0.3, 0.4) is 0 Å². The zero-order valence-electron chi connectivity index (χ0n) is 16.4. The minimum atomic E-state index is -0.407. The molecule has 0 radical (unpaired) electrons. The smallest absolute Gasteiger partial charge is 0.340 e. The van der Waals surface area contributed by atoms with E-state index in [1.807, 2.05) is 37.3 Å². The number of pyridine rings is 1. The molecule has 29 heavy (non-hydrogen) atoms. The Balaban J connectivity index is 1.72. The number of nitrogens with one attached hydrogen (secondary N) is 2. The first kappa shape index (κ1) is 20.1. The second-order valence-electron chi connectivity index (χ2n) is 6.46. The minimum Gasteiger partial charge on any atom is -0.462 e. The third-order valence-corrected chi connectivity index (χ3v) is 4.40. The van der Waals surface area contributed by atoms with E-state index in [9.17, 15) is 9.59 Å². The Morgan fingerprint density at radius 3 is 2.59 bits per heavy atom. The van der Waals surface area contributed by atoms with Crippen LogP contribution in [0, 0.1) is 6.92 Å². The van der Waals surface area contributed by atoms with Gasteiger partial charge in [-0.05, 0) is 43.2 Å². The summed E-state index contributed by atoms with van der Waals surface area (Å²) >= 11 is 0. The molecule has 148 valence electrons. The molecule has 6 nitrogen and oxygen atoms in total. The number of para-hydroxylation sites is 1. The number of carbonyl (C=O) groups excluding carboxylic acids is 2. The van der Waals surface area contributed by atoms with E-state index in [0.717, 1.165) is 11.1 Å². The molecule has 0 unspecified atom stereocenters. The molecule has 0 fully saturated rings. The average molecular weight is 389 g/mol. The molecule has 3 rings (SSSR count). The van der Waals surface area contributed by atoms with E-state index in [1.165, 1.54) is 6.20 Å². The van der Waals surface area contributed by atoms with Crippen LogP contribution < -0.4 is 10.6 Å². The fourth-order valence-electron chi connectivity index (χ4n) is 2.85. The molecule has 0 spiro atoms. The SMILES string of the molecule is CCOC(=O)c1ccccc1Nc1cncc(C(=O)NCc2ccccc2C)c1. The number of hydrogen-bond acceptors (Lipinski definition) is 5. The molecule has 2 aromatic carbocycles. The molecule has 0 aliphatic rings. The van der Waals surface area contributed by atoms with Gasteiger partial charge in [0.05, 0.1) is 35.3 Å². The van der Waals surface area contributed by atoms with Gasteiger partial charge >= 0.3 is 5.97 Å². The third kappa shape index (κ3) is 5.19. The molecule has 0 aliphatic heterocycles. The van der Waals surface area contributed by atoms with Crippen LogP contribution in [0.2, 0.25) is 0 Å². The van der Waals surface area contributed by atoms with Crippen molar-refractivity contribution < 1.29 is 14.3 Å². The van der Waals surface area contributed by atoms with Crippen molar-refractivity contribution in [3.8, 4) is 0 Å². The number of anilines is 2. The minimum absolute atomic E-state index is 0.219. The molecule has 0 atom stereocenters. The summed E-state index contributed by atoms with van der Waals surface area (Å²) in [4.78, 5) is 28.8. The fraction of sp³-hybridized carbons (Fsp3) is 0.174. The Bertz CT molecular complexity index is 1020. The molecule has 0 aliphatic carbocycles. The number of nitrogens with zero attached hydrogens (tertiary/aromatic N) is 1. The van der Waals surface area contributed by atoms with E-state index in [-0.39, 0.29) is 5.91 Å². The summed E-state index contributed by atoms with van der Waals surface area (Å²) in [5, 5.41) is 6.06. The summed E-state index contributed by atoms with van der Waals surface area (Å²) < 4.78 is 5.09. The van der Waals surface area contributed by atoms with Crippen LogP contribution in [0.5, 0.6) is 0 Å². The molecule has 1 aromatic heterocycles. The molecule has 6 heteroatoms. The predicted octanol–water partition coefficient (Wildman–Crippen LogP) is 4.24. The molecule has 0 saturated heterocycles. The van der Waals surface area contributed by atoms with Crippen LogP contribution in [0.1, 0.15) is 38.8 Å². The summed E-state index contributed by atoms with van der Waals surface area (Å²) in [6.07, 6.45) is 3.11. The molecule has 1 amide bonds. The Labute approximate surface area is 169 Å². The molecule has 1 heterocycles. The van der Waals surface area contributed by atoms with Crippen LogP contribution in [0.15, 0.2) is 67.0 Å². The maximum absolute atomic E-state index is 12.5. The maximum atomic E-state index is 12.5. The van der Waals surface area contributed by atoms with E-state index in [0.29, 0.717) is 35.7 Å². The van der Waals surface area contributed by atoms with Crippen molar-refractivity contribution >= 4 is 23.3 Å². The highest BCUT2D eigenvalue weighted by atomic mass is 16.5. The van der Waals surface area contributed by atoms with Gasteiger partial charge in [-0.2, -0.15) is 0 Å². The maximum Gasteiger partial charge on any atom is 0.340 e. The van der Waals surface area contributed by atoms with Crippen LogP contribution in [0.4, 0.5) is 11.4 Å². The first-order valence-electron chi connectivity index (χ1n) is 9.39. The highest BCUT2D eigenvalue weighted by molar-refractivity contribution is 5.97. The lowest BCUT2D eigenvalue weighted by atomic mass is 10.1. The standard InChI is InChI=1S/C23H23N3O3/c1-3-29-23(28)20-10-6-7-11-21(20)26-19-12-18(13-24-15-19)22(27)25-14-17-9-5-4-8-16(17)2/h4-13,15,26H,3,14H2,1-2H3,(H,25,27). The van der Waals surface area contributed by atoms with Crippen LogP contribution >= 0.6 is 0 Å². The lowest BCUT2D eigenvalue weighted by Crippen LogP contribution is -2.23. The van der Waals surface area contributed by atoms with E-state index >= 15 is 0 Å². The number of rotatable bonds is 7. The number of ether oxygens (including phenoxy) is 1. The van der Waals surface area contributed by atoms with Gasteiger partial charge in [0.1, 0.15) is 0 Å². The first-order chi connectivity index (χ1) is 14.1. The number of carbonyl (C=O) groups is 2. The average Bonchev–Trinajstić information content (AvgIpc) is 2.74. The number of esters is 1. The second-order valence-corrected chi connectivity index (χ2v) is 6.46. The first-order valence-corrected chi connectivity index (χ1v) is 9.39. The van der Waals surface area contributed by atoms with Crippen molar-refractivity contribution in [2.45, 2.75) is 20.4 Å². The molecule has 3 aromatic rings. The Morgan fingerprint density at radius 1 is 1.03 bits per heavy atom. The predicted molar refractivity (Wildman–Crippen MR) is 112 cm³/mol. The fourth-order valence-corrected chi connectivity index (χ4v) is 2.85.